The van der Waals surface area contributed by atoms with E-state index in [1.165, 1.54) is 0 Å². The molecule has 0 heterocycles. The number of hydrogen-bond donors (Lipinski definition) is 5. The zero-order valence-corrected chi connectivity index (χ0v) is 24.4. The minimum atomic E-state index is -0.310. The summed E-state index contributed by atoms with van der Waals surface area (Å²) >= 11 is 4.31. The standard InChI is InChI=1S/C14H27N3O5.C6H15NS.2C2H6/c1-11(2)17-14(20)5-7-22-9-12(16-10-18)8-21-6-4-13(19)15-3;1-5(2,7)6(3,4)8;2*1-2/h10-12H,4-9H2,1-3H3,(H,15,19)(H,16,18)(H,17,20);8H,7H2,1-4H3;2*1-2H3. The summed E-state index contributed by atoms with van der Waals surface area (Å²) in [6, 6.07) is -0.207. The first-order chi connectivity index (χ1) is 15.7. The van der Waals surface area contributed by atoms with Crippen LogP contribution in [0.3, 0.4) is 0 Å². The number of amides is 3. The van der Waals surface area contributed by atoms with Crippen molar-refractivity contribution in [3.8, 4) is 0 Å². The fourth-order valence-corrected chi connectivity index (χ4v) is 1.54. The average Bonchev–Trinajstić information content (AvgIpc) is 2.75. The van der Waals surface area contributed by atoms with Crippen LogP contribution in [0.5, 0.6) is 0 Å². The van der Waals surface area contributed by atoms with Gasteiger partial charge in [0.05, 0.1) is 32.5 Å². The molecule has 0 aromatic heterocycles. The lowest BCUT2D eigenvalue weighted by Gasteiger charge is -2.33. The highest BCUT2D eigenvalue weighted by molar-refractivity contribution is 7.81. The third-order valence-corrected chi connectivity index (χ3v) is 4.77. The molecule has 0 saturated carbocycles. The van der Waals surface area contributed by atoms with Crippen LogP contribution in [0.4, 0.5) is 0 Å². The summed E-state index contributed by atoms with van der Waals surface area (Å²) in [4.78, 5) is 32.9. The predicted octanol–water partition coefficient (Wildman–Crippen LogP) is 2.67. The molecule has 10 heteroatoms. The number of carbonyl (C=O) groups excluding carboxylic acids is 3. The third kappa shape index (κ3) is 28.7. The molecular formula is C24H54N4O5S. The Balaban J connectivity index is -0.000000312. The van der Waals surface area contributed by atoms with Crippen LogP contribution in [-0.2, 0) is 23.9 Å². The van der Waals surface area contributed by atoms with E-state index in [0.29, 0.717) is 6.41 Å². The molecule has 3 amide bonds. The highest BCUT2D eigenvalue weighted by Gasteiger charge is 2.28. The topological polar surface area (TPSA) is 132 Å². The Kier molecular flexibility index (Phi) is 29.0. The fourth-order valence-electron chi connectivity index (χ4n) is 1.54. The Labute approximate surface area is 214 Å². The van der Waals surface area contributed by atoms with Gasteiger partial charge in [-0.3, -0.25) is 14.4 Å². The van der Waals surface area contributed by atoms with Crippen molar-refractivity contribution in [3.63, 3.8) is 0 Å². The maximum atomic E-state index is 11.4. The first kappa shape index (κ1) is 39.8. The van der Waals surface area contributed by atoms with Gasteiger partial charge in [0.15, 0.2) is 0 Å². The van der Waals surface area contributed by atoms with E-state index in [9.17, 15) is 14.4 Å². The average molecular weight is 511 g/mol. The minimum absolute atomic E-state index is 0.0725. The van der Waals surface area contributed by atoms with Crippen LogP contribution in [0.25, 0.3) is 0 Å². The van der Waals surface area contributed by atoms with Crippen LogP contribution in [0, 0.1) is 0 Å². The summed E-state index contributed by atoms with van der Waals surface area (Å²) in [5, 5.41) is 7.82. The first-order valence-electron chi connectivity index (χ1n) is 12.1. The molecule has 0 fully saturated rings. The van der Waals surface area contributed by atoms with Gasteiger partial charge in [-0.25, -0.2) is 0 Å². The molecule has 0 spiro atoms. The van der Waals surface area contributed by atoms with E-state index in [1.807, 2.05) is 69.2 Å². The van der Waals surface area contributed by atoms with Crippen LogP contribution < -0.4 is 21.7 Å². The molecule has 9 nitrogen and oxygen atoms in total. The van der Waals surface area contributed by atoms with E-state index in [2.05, 4.69) is 28.6 Å². The fraction of sp³-hybridized carbons (Fsp3) is 0.875. The second-order valence-corrected chi connectivity index (χ2v) is 9.43. The Morgan fingerprint density at radius 2 is 1.32 bits per heavy atom. The molecule has 1 unspecified atom stereocenters. The number of nitrogens with two attached hydrogens (primary N) is 1. The second-order valence-electron chi connectivity index (χ2n) is 8.31. The molecule has 0 rings (SSSR count). The molecule has 0 aromatic rings. The van der Waals surface area contributed by atoms with Crippen molar-refractivity contribution >= 4 is 30.9 Å². The quantitative estimate of drug-likeness (QED) is 0.139. The smallest absolute Gasteiger partial charge is 0.222 e. The molecule has 0 aliphatic rings. The van der Waals surface area contributed by atoms with Crippen molar-refractivity contribution in [2.45, 2.75) is 104 Å². The van der Waals surface area contributed by atoms with Crippen molar-refractivity contribution in [3.05, 3.63) is 0 Å². The van der Waals surface area contributed by atoms with Crippen LogP contribution in [0.1, 0.15) is 82.1 Å². The molecule has 0 bridgehead atoms. The number of carbonyl (C=O) groups is 3. The number of nitrogens with one attached hydrogen (secondary N) is 3. The van der Waals surface area contributed by atoms with Crippen LogP contribution in [-0.4, -0.2) is 74.1 Å². The van der Waals surface area contributed by atoms with Crippen molar-refractivity contribution in [1.82, 2.24) is 16.0 Å². The summed E-state index contributed by atoms with van der Waals surface area (Å²) < 4.78 is 10.6. The normalized spacial score (nSPS) is 11.4. The molecule has 0 saturated heterocycles. The summed E-state index contributed by atoms with van der Waals surface area (Å²) in [6.45, 7) is 20.8. The van der Waals surface area contributed by atoms with Gasteiger partial charge < -0.3 is 31.2 Å². The van der Waals surface area contributed by atoms with Gasteiger partial charge in [0.1, 0.15) is 0 Å². The summed E-state index contributed by atoms with van der Waals surface area (Å²) in [5.74, 6) is -0.177. The van der Waals surface area contributed by atoms with Gasteiger partial charge in [0.2, 0.25) is 18.2 Å². The predicted molar refractivity (Wildman–Crippen MR) is 145 cm³/mol. The Morgan fingerprint density at radius 1 is 0.941 bits per heavy atom. The second kappa shape index (κ2) is 24.8. The number of hydrogen-bond acceptors (Lipinski definition) is 7. The van der Waals surface area contributed by atoms with E-state index < -0.39 is 0 Å². The molecule has 0 radical (unpaired) electrons. The van der Waals surface area contributed by atoms with E-state index in [4.69, 9.17) is 15.2 Å². The Hall–Kier alpha value is -1.36. The van der Waals surface area contributed by atoms with Gasteiger partial charge in [-0.15, -0.1) is 0 Å². The highest BCUT2D eigenvalue weighted by Crippen LogP contribution is 2.24. The zero-order valence-electron chi connectivity index (χ0n) is 23.5. The van der Waals surface area contributed by atoms with Gasteiger partial charge >= 0.3 is 0 Å². The summed E-state index contributed by atoms with van der Waals surface area (Å²) in [7, 11) is 1.56. The maximum Gasteiger partial charge on any atom is 0.222 e. The van der Waals surface area contributed by atoms with Crippen molar-refractivity contribution in [1.29, 1.82) is 0 Å². The third-order valence-electron chi connectivity index (χ3n) is 4.19. The highest BCUT2D eigenvalue weighted by atomic mass is 32.1. The van der Waals surface area contributed by atoms with Gasteiger partial charge in [0, 0.05) is 36.2 Å². The lowest BCUT2D eigenvalue weighted by atomic mass is 9.91. The SMILES string of the molecule is CC.CC.CC(C)(N)C(C)(C)S.CNC(=O)CCOCC(COCCC(=O)NC(C)C)NC=O. The molecule has 5 N–H and O–H groups in total. The molecule has 1 atom stereocenters. The van der Waals surface area contributed by atoms with Crippen molar-refractivity contribution in [2.75, 3.05) is 33.5 Å². The number of thiol groups is 1. The van der Waals surface area contributed by atoms with Crippen LogP contribution >= 0.6 is 12.6 Å². The van der Waals surface area contributed by atoms with E-state index in [0.717, 1.165) is 0 Å². The largest absolute Gasteiger partial charge is 0.379 e. The lowest BCUT2D eigenvalue weighted by molar-refractivity contribution is -0.123. The van der Waals surface area contributed by atoms with Gasteiger partial charge in [0.25, 0.3) is 0 Å². The van der Waals surface area contributed by atoms with E-state index in [-0.39, 0.29) is 73.5 Å². The van der Waals surface area contributed by atoms with Crippen molar-refractivity contribution in [2.24, 2.45) is 5.73 Å². The molecular weight excluding hydrogens is 456 g/mol. The molecule has 0 aliphatic carbocycles. The maximum absolute atomic E-state index is 11.4. The summed E-state index contributed by atoms with van der Waals surface area (Å²) in [6.07, 6.45) is 1.10. The van der Waals surface area contributed by atoms with E-state index in [1.54, 1.807) is 7.05 Å². The van der Waals surface area contributed by atoms with Gasteiger partial charge in [-0.05, 0) is 41.5 Å². The van der Waals surface area contributed by atoms with Crippen LogP contribution in [0.15, 0.2) is 0 Å². The zero-order chi connectivity index (χ0) is 27.8. The first-order valence-corrected chi connectivity index (χ1v) is 12.6. The monoisotopic (exact) mass is 510 g/mol. The Bertz CT molecular complexity index is 481. The molecule has 206 valence electrons. The lowest BCUT2D eigenvalue weighted by Crippen LogP contribution is -2.48. The van der Waals surface area contributed by atoms with Crippen LogP contribution in [0.2, 0.25) is 0 Å². The van der Waals surface area contributed by atoms with Crippen molar-refractivity contribution < 1.29 is 23.9 Å². The molecule has 0 aromatic carbocycles. The Morgan fingerprint density at radius 3 is 1.62 bits per heavy atom. The van der Waals surface area contributed by atoms with Gasteiger partial charge in [-0.2, -0.15) is 12.6 Å². The number of rotatable bonds is 14. The number of ether oxygens (including phenoxy) is 2. The minimum Gasteiger partial charge on any atom is -0.379 e. The molecule has 34 heavy (non-hydrogen) atoms. The van der Waals surface area contributed by atoms with Gasteiger partial charge in [-0.1, -0.05) is 27.7 Å². The molecule has 0 aliphatic heterocycles. The van der Waals surface area contributed by atoms with E-state index >= 15 is 0 Å². The summed E-state index contributed by atoms with van der Waals surface area (Å²) in [5.41, 5.74) is 5.54.